The van der Waals surface area contributed by atoms with E-state index in [-0.39, 0.29) is 23.8 Å². The topological polar surface area (TPSA) is 75.7 Å². The number of hydrogen-bond donors (Lipinski definition) is 1. The van der Waals surface area contributed by atoms with Crippen LogP contribution in [-0.2, 0) is 27.8 Å². The van der Waals surface area contributed by atoms with Crippen LogP contribution in [0.25, 0.3) is 0 Å². The van der Waals surface area contributed by atoms with Crippen LogP contribution in [0.5, 0.6) is 5.75 Å². The molecule has 0 saturated carbocycles. The molecule has 9 heteroatoms. The van der Waals surface area contributed by atoms with Crippen molar-refractivity contribution >= 4 is 21.6 Å². The summed E-state index contributed by atoms with van der Waals surface area (Å²) in [6.07, 6.45) is 0.521. The van der Waals surface area contributed by atoms with Crippen LogP contribution < -0.4 is 10.1 Å². The van der Waals surface area contributed by atoms with Crippen molar-refractivity contribution in [3.63, 3.8) is 0 Å². The molecule has 1 aliphatic rings. The molecule has 0 unspecified atom stereocenters. The second-order valence-corrected chi connectivity index (χ2v) is 9.26. The molecule has 32 heavy (non-hydrogen) atoms. The third-order valence-electron chi connectivity index (χ3n) is 5.08. The quantitative estimate of drug-likeness (QED) is 0.611. The van der Waals surface area contributed by atoms with Crippen molar-refractivity contribution in [1.29, 1.82) is 0 Å². The molecule has 4 rings (SSSR count). The number of carbonyl (C=O) groups excluding carboxylic acids is 1. The lowest BCUT2D eigenvalue weighted by atomic mass is 10.0. The summed E-state index contributed by atoms with van der Waals surface area (Å²) in [6, 6.07) is 15.5. The van der Waals surface area contributed by atoms with E-state index in [0.717, 1.165) is 23.3 Å². The first-order chi connectivity index (χ1) is 15.3. The number of nitrogens with zero attached hydrogens (tertiary/aromatic N) is 1. The highest BCUT2D eigenvalue weighted by molar-refractivity contribution is 7.89. The highest BCUT2D eigenvalue weighted by Gasteiger charge is 2.28. The van der Waals surface area contributed by atoms with Crippen molar-refractivity contribution in [2.75, 3.05) is 18.5 Å². The summed E-state index contributed by atoms with van der Waals surface area (Å²) in [6.45, 7) is 0.143. The average Bonchev–Trinajstić information content (AvgIpc) is 2.77. The molecule has 3 aromatic rings. The van der Waals surface area contributed by atoms with Crippen LogP contribution in [0.2, 0.25) is 0 Å². The number of rotatable bonds is 6. The molecule has 6 nitrogen and oxygen atoms in total. The van der Waals surface area contributed by atoms with Crippen LogP contribution in [0.3, 0.4) is 0 Å². The van der Waals surface area contributed by atoms with Gasteiger partial charge in [-0.1, -0.05) is 12.1 Å². The molecule has 0 aromatic heterocycles. The van der Waals surface area contributed by atoms with Gasteiger partial charge in [-0.2, -0.15) is 4.31 Å². The first-order valence-electron chi connectivity index (χ1n) is 9.87. The molecule has 1 aliphatic heterocycles. The molecule has 0 spiro atoms. The largest absolute Gasteiger partial charge is 0.484 e. The Morgan fingerprint density at radius 1 is 0.969 bits per heavy atom. The Balaban J connectivity index is 1.43. The first kappa shape index (κ1) is 21.9. The smallest absolute Gasteiger partial charge is 0.262 e. The SMILES string of the molecule is O=C(COc1cccc(F)c1)Nc1ccc2c(c1)CN(S(=O)(=O)c1ccc(F)cc1)CC2. The summed E-state index contributed by atoms with van der Waals surface area (Å²) in [7, 11) is -3.77. The zero-order chi connectivity index (χ0) is 22.7. The van der Waals surface area contributed by atoms with Gasteiger partial charge in [0, 0.05) is 24.8 Å². The molecular weight excluding hydrogens is 438 g/mol. The van der Waals surface area contributed by atoms with Crippen molar-refractivity contribution in [3.8, 4) is 5.75 Å². The van der Waals surface area contributed by atoms with Crippen molar-refractivity contribution in [3.05, 3.63) is 89.5 Å². The minimum atomic E-state index is -3.77. The first-order valence-corrected chi connectivity index (χ1v) is 11.3. The number of nitrogens with one attached hydrogen (secondary N) is 1. The minimum absolute atomic E-state index is 0.0290. The number of sulfonamides is 1. The van der Waals surface area contributed by atoms with Crippen molar-refractivity contribution < 1.29 is 26.7 Å². The average molecular weight is 458 g/mol. The number of anilines is 1. The van der Waals surface area contributed by atoms with E-state index in [1.807, 2.05) is 6.07 Å². The zero-order valence-electron chi connectivity index (χ0n) is 16.9. The molecule has 0 bridgehead atoms. The maximum atomic E-state index is 13.2. The van der Waals surface area contributed by atoms with Gasteiger partial charge in [-0.3, -0.25) is 4.79 Å². The van der Waals surface area contributed by atoms with Crippen LogP contribution >= 0.6 is 0 Å². The van der Waals surface area contributed by atoms with Crippen molar-refractivity contribution in [1.82, 2.24) is 4.31 Å². The Morgan fingerprint density at radius 2 is 1.75 bits per heavy atom. The standard InChI is InChI=1S/C23H20F2N2O4S/c24-18-5-8-22(9-6-18)32(29,30)27-11-10-16-4-7-20(12-17(16)14-27)26-23(28)15-31-21-3-1-2-19(25)13-21/h1-9,12-13H,10-11,14-15H2,(H,26,28). The monoisotopic (exact) mass is 458 g/mol. The molecule has 0 atom stereocenters. The fourth-order valence-corrected chi connectivity index (χ4v) is 4.89. The highest BCUT2D eigenvalue weighted by Crippen LogP contribution is 2.27. The number of amides is 1. The molecule has 0 fully saturated rings. The number of ether oxygens (including phenoxy) is 1. The molecule has 3 aromatic carbocycles. The van der Waals surface area contributed by atoms with Crippen LogP contribution in [0.15, 0.2) is 71.6 Å². The van der Waals surface area contributed by atoms with Crippen LogP contribution in [0.1, 0.15) is 11.1 Å². The van der Waals surface area contributed by atoms with E-state index in [1.54, 1.807) is 18.2 Å². The molecule has 0 saturated heterocycles. The molecule has 1 heterocycles. The van der Waals surface area contributed by atoms with Gasteiger partial charge in [-0.15, -0.1) is 0 Å². The molecule has 0 aliphatic carbocycles. The molecule has 166 valence electrons. The lowest BCUT2D eigenvalue weighted by molar-refractivity contribution is -0.118. The van der Waals surface area contributed by atoms with Gasteiger partial charge >= 0.3 is 0 Å². The highest BCUT2D eigenvalue weighted by atomic mass is 32.2. The number of halogens is 2. The fourth-order valence-electron chi connectivity index (χ4n) is 3.47. The van der Waals surface area contributed by atoms with Crippen LogP contribution in [-0.4, -0.2) is 31.8 Å². The Kier molecular flexibility index (Phi) is 6.20. The van der Waals surface area contributed by atoms with E-state index in [4.69, 9.17) is 4.74 Å². The van der Waals surface area contributed by atoms with Gasteiger partial charge in [-0.05, 0) is 66.1 Å². The fraction of sp³-hybridized carbons (Fsp3) is 0.174. The summed E-state index contributed by atoms with van der Waals surface area (Å²) >= 11 is 0. The maximum Gasteiger partial charge on any atom is 0.262 e. The number of benzene rings is 3. The Labute approximate surface area is 184 Å². The molecule has 0 radical (unpaired) electrons. The van der Waals surface area contributed by atoms with E-state index >= 15 is 0 Å². The van der Waals surface area contributed by atoms with Gasteiger partial charge in [0.2, 0.25) is 10.0 Å². The van der Waals surface area contributed by atoms with Gasteiger partial charge in [0.15, 0.2) is 6.61 Å². The van der Waals surface area contributed by atoms with E-state index in [1.165, 1.54) is 34.6 Å². The van der Waals surface area contributed by atoms with E-state index in [2.05, 4.69) is 5.32 Å². The third kappa shape index (κ3) is 4.95. The van der Waals surface area contributed by atoms with Crippen molar-refractivity contribution in [2.24, 2.45) is 0 Å². The van der Waals surface area contributed by atoms with E-state index < -0.39 is 27.6 Å². The van der Waals surface area contributed by atoms with E-state index in [0.29, 0.717) is 18.7 Å². The second kappa shape index (κ2) is 9.05. The summed E-state index contributed by atoms with van der Waals surface area (Å²) < 4.78 is 58.8. The molecule has 1 amide bonds. The van der Waals surface area contributed by atoms with Crippen LogP contribution in [0.4, 0.5) is 14.5 Å². The van der Waals surface area contributed by atoms with Gasteiger partial charge < -0.3 is 10.1 Å². The summed E-state index contributed by atoms with van der Waals surface area (Å²) in [4.78, 5) is 12.2. The number of carbonyl (C=O) groups is 1. The van der Waals surface area contributed by atoms with Crippen LogP contribution in [0, 0.1) is 11.6 Å². The van der Waals surface area contributed by atoms with Gasteiger partial charge in [-0.25, -0.2) is 17.2 Å². The Morgan fingerprint density at radius 3 is 2.50 bits per heavy atom. The molecular formula is C23H20F2N2O4S. The van der Waals surface area contributed by atoms with Gasteiger partial charge in [0.25, 0.3) is 5.91 Å². The number of hydrogen-bond acceptors (Lipinski definition) is 4. The summed E-state index contributed by atoms with van der Waals surface area (Å²) in [5, 5.41) is 2.70. The Hall–Kier alpha value is -3.30. The molecule has 1 N–H and O–H groups in total. The van der Waals surface area contributed by atoms with E-state index in [9.17, 15) is 22.0 Å². The second-order valence-electron chi connectivity index (χ2n) is 7.32. The Bertz CT molecular complexity index is 1250. The summed E-state index contributed by atoms with van der Waals surface area (Å²) in [5.74, 6) is -1.15. The number of fused-ring (bicyclic) bond motifs is 1. The van der Waals surface area contributed by atoms with Gasteiger partial charge in [0.05, 0.1) is 4.90 Å². The zero-order valence-corrected chi connectivity index (χ0v) is 17.7. The van der Waals surface area contributed by atoms with Gasteiger partial charge in [0.1, 0.15) is 17.4 Å². The lowest BCUT2D eigenvalue weighted by Gasteiger charge is -2.28. The van der Waals surface area contributed by atoms with Crippen molar-refractivity contribution in [2.45, 2.75) is 17.9 Å². The predicted octanol–water partition coefficient (Wildman–Crippen LogP) is 3.73. The lowest BCUT2D eigenvalue weighted by Crippen LogP contribution is -2.36. The minimum Gasteiger partial charge on any atom is -0.484 e. The predicted molar refractivity (Wildman–Crippen MR) is 115 cm³/mol. The third-order valence-corrected chi connectivity index (χ3v) is 6.94. The normalized spacial score (nSPS) is 13.9. The maximum absolute atomic E-state index is 13.2. The summed E-state index contributed by atoms with van der Waals surface area (Å²) in [5.41, 5.74) is 2.26.